The van der Waals surface area contributed by atoms with E-state index in [0.29, 0.717) is 16.5 Å². The second-order valence-corrected chi connectivity index (χ2v) is 4.83. The van der Waals surface area contributed by atoms with Crippen LogP contribution in [0.2, 0.25) is 0 Å². The van der Waals surface area contributed by atoms with E-state index in [0.717, 1.165) is 12.1 Å². The zero-order chi connectivity index (χ0) is 16.6. The largest absolute Gasteiger partial charge is 0.478 e. The van der Waals surface area contributed by atoms with Gasteiger partial charge in [0.05, 0.1) is 22.3 Å². The number of hydrogen-bond acceptors (Lipinski definition) is 3. The van der Waals surface area contributed by atoms with Crippen LogP contribution < -0.4 is 0 Å². The highest BCUT2D eigenvalue weighted by atomic mass is 19.4. The maximum atomic E-state index is 12.6. The molecule has 7 heteroatoms. The number of alkyl halides is 3. The van der Waals surface area contributed by atoms with Crippen LogP contribution >= 0.6 is 0 Å². The van der Waals surface area contributed by atoms with Gasteiger partial charge in [-0.1, -0.05) is 12.1 Å². The highest BCUT2D eigenvalue weighted by Gasteiger charge is 2.30. The molecule has 1 aromatic carbocycles. The third kappa shape index (κ3) is 2.85. The Hall–Kier alpha value is -2.96. The summed E-state index contributed by atoms with van der Waals surface area (Å²) in [5.41, 5.74) is 0.325. The zero-order valence-corrected chi connectivity index (χ0v) is 11.5. The van der Waals surface area contributed by atoms with Crippen LogP contribution in [0.15, 0.2) is 48.8 Å². The molecule has 0 aliphatic heterocycles. The Kier molecular flexibility index (Phi) is 3.48. The smallest absolute Gasteiger partial charge is 0.416 e. The molecule has 0 radical (unpaired) electrons. The van der Waals surface area contributed by atoms with Gasteiger partial charge in [-0.15, -0.1) is 0 Å². The molecule has 2 heterocycles. The second kappa shape index (κ2) is 5.35. The molecule has 0 aliphatic rings. The summed E-state index contributed by atoms with van der Waals surface area (Å²) in [6.45, 7) is 0. The van der Waals surface area contributed by atoms with Crippen LogP contribution in [0.1, 0.15) is 15.9 Å². The summed E-state index contributed by atoms with van der Waals surface area (Å²) in [5.74, 6) is -1.15. The number of carbonyl (C=O) groups is 1. The van der Waals surface area contributed by atoms with E-state index in [1.807, 2.05) is 0 Å². The number of pyridine rings is 2. The average Bonchev–Trinajstić information content (AvgIpc) is 2.53. The van der Waals surface area contributed by atoms with Gasteiger partial charge in [0.25, 0.3) is 0 Å². The lowest BCUT2D eigenvalue weighted by molar-refractivity contribution is -0.137. The minimum atomic E-state index is -4.42. The summed E-state index contributed by atoms with van der Waals surface area (Å²) in [6, 6.07) is 7.29. The Morgan fingerprint density at radius 2 is 1.78 bits per heavy atom. The van der Waals surface area contributed by atoms with Gasteiger partial charge < -0.3 is 5.11 Å². The number of aromatic nitrogens is 2. The number of carboxylic acid groups (broad SMARTS) is 1. The van der Waals surface area contributed by atoms with Gasteiger partial charge in [0.15, 0.2) is 0 Å². The van der Waals surface area contributed by atoms with Crippen LogP contribution in [-0.2, 0) is 6.18 Å². The first-order chi connectivity index (χ1) is 10.9. The number of rotatable bonds is 2. The van der Waals surface area contributed by atoms with Gasteiger partial charge in [0.2, 0.25) is 0 Å². The molecule has 116 valence electrons. The fourth-order valence-corrected chi connectivity index (χ4v) is 2.22. The lowest BCUT2D eigenvalue weighted by Crippen LogP contribution is -2.04. The molecule has 0 saturated carbocycles. The maximum Gasteiger partial charge on any atom is 0.416 e. The average molecular weight is 318 g/mol. The number of hydrogen-bond donors (Lipinski definition) is 1. The van der Waals surface area contributed by atoms with E-state index in [4.69, 9.17) is 0 Å². The molecule has 23 heavy (non-hydrogen) atoms. The summed E-state index contributed by atoms with van der Waals surface area (Å²) < 4.78 is 37.8. The van der Waals surface area contributed by atoms with Crippen molar-refractivity contribution in [1.82, 2.24) is 9.97 Å². The van der Waals surface area contributed by atoms with Crippen molar-refractivity contribution in [2.75, 3.05) is 0 Å². The fraction of sp³-hybridized carbons (Fsp3) is 0.0625. The third-order valence-corrected chi connectivity index (χ3v) is 3.35. The SMILES string of the molecule is O=C(O)c1cc(-c2ccc(C(F)(F)F)cc2)nc2ccncc12. The zero-order valence-electron chi connectivity index (χ0n) is 11.5. The molecular formula is C16H9F3N2O2. The molecule has 0 atom stereocenters. The molecule has 3 rings (SSSR count). The summed E-state index contributed by atoms with van der Waals surface area (Å²) in [6.07, 6.45) is -1.56. The standard InChI is InChI=1S/C16H9F3N2O2/c17-16(18,19)10-3-1-9(2-4-10)14-7-11(15(22)23)12-8-20-6-5-13(12)21-14/h1-8H,(H,22,23). The number of benzene rings is 1. The molecule has 0 saturated heterocycles. The van der Waals surface area contributed by atoms with E-state index in [2.05, 4.69) is 9.97 Å². The molecule has 0 aliphatic carbocycles. The van der Waals surface area contributed by atoms with Crippen molar-refractivity contribution in [3.05, 3.63) is 59.9 Å². The molecule has 4 nitrogen and oxygen atoms in total. The van der Waals surface area contributed by atoms with Crippen molar-refractivity contribution in [3.63, 3.8) is 0 Å². The maximum absolute atomic E-state index is 12.6. The van der Waals surface area contributed by atoms with Gasteiger partial charge in [0, 0.05) is 23.3 Å². The quantitative estimate of drug-likeness (QED) is 0.775. The van der Waals surface area contributed by atoms with Crippen LogP contribution in [0.25, 0.3) is 22.2 Å². The molecule has 1 N–H and O–H groups in total. The summed E-state index contributed by atoms with van der Waals surface area (Å²) >= 11 is 0. The van der Waals surface area contributed by atoms with E-state index in [1.165, 1.54) is 30.6 Å². The lowest BCUT2D eigenvalue weighted by atomic mass is 10.0. The molecule has 0 unspecified atom stereocenters. The Bertz CT molecular complexity index is 890. The number of halogens is 3. The van der Waals surface area contributed by atoms with Gasteiger partial charge in [-0.3, -0.25) is 4.98 Å². The van der Waals surface area contributed by atoms with Crippen LogP contribution in [0, 0.1) is 0 Å². The van der Waals surface area contributed by atoms with E-state index in [-0.39, 0.29) is 11.3 Å². The Labute approximate surface area is 128 Å². The van der Waals surface area contributed by atoms with Crippen molar-refractivity contribution < 1.29 is 23.1 Å². The number of carboxylic acids is 1. The predicted molar refractivity (Wildman–Crippen MR) is 76.9 cm³/mol. The van der Waals surface area contributed by atoms with Crippen molar-refractivity contribution in [2.45, 2.75) is 6.18 Å². The number of aromatic carboxylic acids is 1. The van der Waals surface area contributed by atoms with Gasteiger partial charge >= 0.3 is 12.1 Å². The van der Waals surface area contributed by atoms with Crippen molar-refractivity contribution in [1.29, 1.82) is 0 Å². The third-order valence-electron chi connectivity index (χ3n) is 3.35. The van der Waals surface area contributed by atoms with Gasteiger partial charge in [0.1, 0.15) is 0 Å². The minimum Gasteiger partial charge on any atom is -0.478 e. The molecule has 0 amide bonds. The van der Waals surface area contributed by atoms with Gasteiger partial charge in [-0.05, 0) is 24.3 Å². The normalized spacial score (nSPS) is 11.6. The van der Waals surface area contributed by atoms with Gasteiger partial charge in [-0.25, -0.2) is 9.78 Å². The Morgan fingerprint density at radius 3 is 2.39 bits per heavy atom. The monoisotopic (exact) mass is 318 g/mol. The van der Waals surface area contributed by atoms with Crippen molar-refractivity contribution >= 4 is 16.9 Å². The van der Waals surface area contributed by atoms with Crippen molar-refractivity contribution in [2.24, 2.45) is 0 Å². The molecule has 2 aromatic heterocycles. The van der Waals surface area contributed by atoms with Crippen LogP contribution in [-0.4, -0.2) is 21.0 Å². The molecule has 0 fully saturated rings. The van der Waals surface area contributed by atoms with E-state index in [1.54, 1.807) is 6.07 Å². The molecule has 0 bridgehead atoms. The second-order valence-electron chi connectivity index (χ2n) is 4.83. The highest BCUT2D eigenvalue weighted by Crippen LogP contribution is 2.31. The minimum absolute atomic E-state index is 0.00185. The van der Waals surface area contributed by atoms with Gasteiger partial charge in [-0.2, -0.15) is 13.2 Å². The summed E-state index contributed by atoms with van der Waals surface area (Å²) in [4.78, 5) is 19.5. The fourth-order valence-electron chi connectivity index (χ4n) is 2.22. The highest BCUT2D eigenvalue weighted by molar-refractivity contribution is 6.03. The van der Waals surface area contributed by atoms with Crippen LogP contribution in [0.3, 0.4) is 0 Å². The summed E-state index contributed by atoms with van der Waals surface area (Å²) in [7, 11) is 0. The van der Waals surface area contributed by atoms with Crippen LogP contribution in [0.4, 0.5) is 13.2 Å². The molecular weight excluding hydrogens is 309 g/mol. The number of nitrogens with zero attached hydrogens (tertiary/aromatic N) is 2. The summed E-state index contributed by atoms with van der Waals surface area (Å²) in [5, 5.41) is 9.67. The topological polar surface area (TPSA) is 63.1 Å². The predicted octanol–water partition coefficient (Wildman–Crippen LogP) is 4.01. The first-order valence-electron chi connectivity index (χ1n) is 6.52. The Balaban J connectivity index is 2.15. The van der Waals surface area contributed by atoms with Crippen molar-refractivity contribution in [3.8, 4) is 11.3 Å². The van der Waals surface area contributed by atoms with Crippen LogP contribution in [0.5, 0.6) is 0 Å². The first-order valence-corrected chi connectivity index (χ1v) is 6.52. The Morgan fingerprint density at radius 1 is 1.09 bits per heavy atom. The van der Waals surface area contributed by atoms with E-state index >= 15 is 0 Å². The van der Waals surface area contributed by atoms with E-state index < -0.39 is 17.7 Å². The molecule has 0 spiro atoms. The number of fused-ring (bicyclic) bond motifs is 1. The van der Waals surface area contributed by atoms with E-state index in [9.17, 15) is 23.1 Å². The first kappa shape index (κ1) is 15.0. The lowest BCUT2D eigenvalue weighted by Gasteiger charge is -2.09. The molecule has 3 aromatic rings.